The third kappa shape index (κ3) is 4.11. The summed E-state index contributed by atoms with van der Waals surface area (Å²) in [5.74, 6) is -0.0264. The minimum absolute atomic E-state index is 0.403. The second-order valence-electron chi connectivity index (χ2n) is 4.79. The van der Waals surface area contributed by atoms with Crippen LogP contribution >= 0.6 is 11.6 Å². The van der Waals surface area contributed by atoms with Gasteiger partial charge in [-0.25, -0.2) is 0 Å². The summed E-state index contributed by atoms with van der Waals surface area (Å²) in [5, 5.41) is 9.75. The highest BCUT2D eigenvalue weighted by Gasteiger charge is 2.34. The summed E-state index contributed by atoms with van der Waals surface area (Å²) in [6.07, 6.45) is 2.16. The van der Waals surface area contributed by atoms with Gasteiger partial charge >= 0.3 is 5.97 Å². The molecule has 1 N–H and O–H groups in total. The van der Waals surface area contributed by atoms with Gasteiger partial charge in [-0.1, -0.05) is 11.6 Å². The number of carbonyl (C=O) groups is 1. The van der Waals surface area contributed by atoms with Crippen molar-refractivity contribution in [2.45, 2.75) is 31.8 Å². The first-order valence-electron chi connectivity index (χ1n) is 6.45. The van der Waals surface area contributed by atoms with E-state index in [0.29, 0.717) is 24.2 Å². The summed E-state index contributed by atoms with van der Waals surface area (Å²) in [7, 11) is 0. The molecule has 0 aliphatic heterocycles. The number of nitrogens with zero attached hydrogens (tertiary/aromatic N) is 1. The minimum atomic E-state index is -0.779. The standard InChI is InChI=1S/C14H18ClNO3/c1-10(14(17)18)16(12-4-5-12)8-9-19-13-6-2-11(15)3-7-13/h2-3,6-7,10,12H,4-5,8-9H2,1H3,(H,17,18). The largest absolute Gasteiger partial charge is 0.492 e. The van der Waals surface area contributed by atoms with E-state index < -0.39 is 12.0 Å². The smallest absolute Gasteiger partial charge is 0.320 e. The first-order chi connectivity index (χ1) is 9.08. The van der Waals surface area contributed by atoms with E-state index in [0.717, 1.165) is 18.6 Å². The van der Waals surface area contributed by atoms with Gasteiger partial charge in [-0.15, -0.1) is 0 Å². The molecular formula is C14H18ClNO3. The van der Waals surface area contributed by atoms with E-state index in [9.17, 15) is 4.79 Å². The zero-order valence-electron chi connectivity index (χ0n) is 10.9. The summed E-state index contributed by atoms with van der Waals surface area (Å²) in [4.78, 5) is 13.0. The van der Waals surface area contributed by atoms with E-state index in [1.54, 1.807) is 19.1 Å². The molecule has 104 valence electrons. The van der Waals surface area contributed by atoms with E-state index >= 15 is 0 Å². The van der Waals surface area contributed by atoms with Crippen molar-refractivity contribution in [3.8, 4) is 5.75 Å². The molecule has 4 nitrogen and oxygen atoms in total. The fourth-order valence-electron chi connectivity index (χ4n) is 2.04. The second kappa shape index (κ2) is 6.26. The molecule has 0 amide bonds. The molecule has 1 aliphatic rings. The van der Waals surface area contributed by atoms with Crippen molar-refractivity contribution in [3.63, 3.8) is 0 Å². The van der Waals surface area contributed by atoms with E-state index in [1.165, 1.54) is 0 Å². The van der Waals surface area contributed by atoms with Crippen molar-refractivity contribution < 1.29 is 14.6 Å². The zero-order chi connectivity index (χ0) is 13.8. The Hall–Kier alpha value is -1.26. The van der Waals surface area contributed by atoms with E-state index in [-0.39, 0.29) is 0 Å². The summed E-state index contributed by atoms with van der Waals surface area (Å²) in [6, 6.07) is 7.11. The maximum atomic E-state index is 11.0. The first-order valence-corrected chi connectivity index (χ1v) is 6.82. The fraction of sp³-hybridized carbons (Fsp3) is 0.500. The van der Waals surface area contributed by atoms with Gasteiger partial charge in [0.05, 0.1) is 0 Å². The van der Waals surface area contributed by atoms with Crippen molar-refractivity contribution in [2.75, 3.05) is 13.2 Å². The van der Waals surface area contributed by atoms with Crippen LogP contribution in [0.25, 0.3) is 0 Å². The number of rotatable bonds is 7. The molecule has 2 rings (SSSR count). The molecule has 1 aromatic carbocycles. The first kappa shape index (κ1) is 14.2. The zero-order valence-corrected chi connectivity index (χ0v) is 11.6. The van der Waals surface area contributed by atoms with E-state index in [4.69, 9.17) is 21.4 Å². The van der Waals surface area contributed by atoms with Gasteiger partial charge in [-0.05, 0) is 44.0 Å². The average molecular weight is 284 g/mol. The van der Waals surface area contributed by atoms with Gasteiger partial charge in [0.15, 0.2) is 0 Å². The monoisotopic (exact) mass is 283 g/mol. The molecule has 0 heterocycles. The summed E-state index contributed by atoms with van der Waals surface area (Å²) in [5.41, 5.74) is 0. The number of benzene rings is 1. The molecule has 1 aliphatic carbocycles. The Bertz CT molecular complexity index is 431. The van der Waals surface area contributed by atoms with Gasteiger partial charge < -0.3 is 9.84 Å². The van der Waals surface area contributed by atoms with Gasteiger partial charge in [0.1, 0.15) is 18.4 Å². The molecule has 1 fully saturated rings. The highest BCUT2D eigenvalue weighted by atomic mass is 35.5. The Labute approximate surface area is 117 Å². The molecule has 0 saturated heterocycles. The van der Waals surface area contributed by atoms with Crippen LogP contribution < -0.4 is 4.74 Å². The Morgan fingerprint density at radius 1 is 1.47 bits per heavy atom. The topological polar surface area (TPSA) is 49.8 Å². The number of aliphatic carboxylic acids is 1. The Kier molecular flexibility index (Phi) is 4.66. The van der Waals surface area contributed by atoms with E-state index in [2.05, 4.69) is 0 Å². The third-order valence-electron chi connectivity index (χ3n) is 3.30. The van der Waals surface area contributed by atoms with Crippen molar-refractivity contribution in [2.24, 2.45) is 0 Å². The predicted molar refractivity (Wildman–Crippen MR) is 73.8 cm³/mol. The molecule has 1 saturated carbocycles. The number of hydrogen-bond acceptors (Lipinski definition) is 3. The highest BCUT2D eigenvalue weighted by Crippen LogP contribution is 2.28. The summed E-state index contributed by atoms with van der Waals surface area (Å²) < 4.78 is 5.61. The van der Waals surface area contributed by atoms with Crippen LogP contribution in [0.4, 0.5) is 0 Å². The van der Waals surface area contributed by atoms with Crippen LogP contribution in [0.3, 0.4) is 0 Å². The minimum Gasteiger partial charge on any atom is -0.492 e. The maximum absolute atomic E-state index is 11.0. The lowest BCUT2D eigenvalue weighted by atomic mass is 10.2. The molecule has 0 spiro atoms. The van der Waals surface area contributed by atoms with Gasteiger partial charge in [-0.3, -0.25) is 9.69 Å². The van der Waals surface area contributed by atoms with Crippen molar-refractivity contribution in [1.29, 1.82) is 0 Å². The lowest BCUT2D eigenvalue weighted by Crippen LogP contribution is -2.42. The summed E-state index contributed by atoms with van der Waals surface area (Å²) >= 11 is 5.79. The predicted octanol–water partition coefficient (Wildman–Crippen LogP) is 2.66. The SMILES string of the molecule is CC(C(=O)O)N(CCOc1ccc(Cl)cc1)C1CC1. The second-order valence-corrected chi connectivity index (χ2v) is 5.22. The number of carboxylic acids is 1. The lowest BCUT2D eigenvalue weighted by molar-refractivity contribution is -0.143. The van der Waals surface area contributed by atoms with Gasteiger partial charge in [-0.2, -0.15) is 0 Å². The number of carboxylic acid groups (broad SMARTS) is 1. The number of hydrogen-bond donors (Lipinski definition) is 1. The molecule has 1 aromatic rings. The summed E-state index contributed by atoms with van der Waals surface area (Å²) in [6.45, 7) is 2.83. The van der Waals surface area contributed by atoms with E-state index in [1.807, 2.05) is 17.0 Å². The highest BCUT2D eigenvalue weighted by molar-refractivity contribution is 6.30. The average Bonchev–Trinajstić information content (AvgIpc) is 3.20. The maximum Gasteiger partial charge on any atom is 0.320 e. The van der Waals surface area contributed by atoms with Crippen molar-refractivity contribution in [3.05, 3.63) is 29.3 Å². The quantitative estimate of drug-likeness (QED) is 0.836. The molecule has 1 atom stereocenters. The van der Waals surface area contributed by atoms with Crippen LogP contribution in [0.2, 0.25) is 5.02 Å². The Morgan fingerprint density at radius 3 is 2.63 bits per heavy atom. The van der Waals surface area contributed by atoms with Gasteiger partial charge in [0, 0.05) is 17.6 Å². The normalized spacial score (nSPS) is 16.4. The van der Waals surface area contributed by atoms with Crippen LogP contribution in [0.15, 0.2) is 24.3 Å². The van der Waals surface area contributed by atoms with Crippen LogP contribution in [-0.2, 0) is 4.79 Å². The van der Waals surface area contributed by atoms with Crippen molar-refractivity contribution >= 4 is 17.6 Å². The van der Waals surface area contributed by atoms with Gasteiger partial charge in [0.2, 0.25) is 0 Å². The Balaban J connectivity index is 1.82. The number of halogens is 1. The van der Waals surface area contributed by atoms with Crippen molar-refractivity contribution in [1.82, 2.24) is 4.90 Å². The van der Waals surface area contributed by atoms with Crippen LogP contribution in [0.1, 0.15) is 19.8 Å². The van der Waals surface area contributed by atoms with Crippen LogP contribution in [-0.4, -0.2) is 41.2 Å². The third-order valence-corrected chi connectivity index (χ3v) is 3.55. The molecule has 0 radical (unpaired) electrons. The van der Waals surface area contributed by atoms with Gasteiger partial charge in [0.25, 0.3) is 0 Å². The molecule has 0 aromatic heterocycles. The number of ether oxygens (including phenoxy) is 1. The molecule has 19 heavy (non-hydrogen) atoms. The fourth-order valence-corrected chi connectivity index (χ4v) is 2.17. The Morgan fingerprint density at radius 2 is 2.11 bits per heavy atom. The molecule has 1 unspecified atom stereocenters. The molecule has 0 bridgehead atoms. The molecular weight excluding hydrogens is 266 g/mol. The lowest BCUT2D eigenvalue weighted by Gasteiger charge is -2.25. The van der Waals surface area contributed by atoms with Crippen LogP contribution in [0, 0.1) is 0 Å². The van der Waals surface area contributed by atoms with Crippen LogP contribution in [0.5, 0.6) is 5.75 Å². The molecule has 5 heteroatoms.